The number of ether oxygens (including phenoxy) is 1. The van der Waals surface area contributed by atoms with Gasteiger partial charge in [-0.3, -0.25) is 9.69 Å². The van der Waals surface area contributed by atoms with Gasteiger partial charge in [0.05, 0.1) is 6.54 Å². The number of carbonyl (C=O) groups is 2. The van der Waals surface area contributed by atoms with E-state index in [0.717, 1.165) is 18.4 Å². The summed E-state index contributed by atoms with van der Waals surface area (Å²) in [7, 11) is 0. The first-order chi connectivity index (χ1) is 13.5. The van der Waals surface area contributed by atoms with Crippen LogP contribution < -0.4 is 10.1 Å². The van der Waals surface area contributed by atoms with Gasteiger partial charge in [-0.2, -0.15) is 0 Å². The third kappa shape index (κ3) is 4.01. The summed E-state index contributed by atoms with van der Waals surface area (Å²) in [6, 6.07) is 12.9. The molecule has 1 heterocycles. The molecule has 1 saturated heterocycles. The maximum atomic E-state index is 13.4. The summed E-state index contributed by atoms with van der Waals surface area (Å²) in [4.78, 5) is 27.0. The number of nitrogens with one attached hydrogen (secondary N) is 1. The highest BCUT2D eigenvalue weighted by Crippen LogP contribution is 2.34. The van der Waals surface area contributed by atoms with Gasteiger partial charge in [0.2, 0.25) is 0 Å². The van der Waals surface area contributed by atoms with Crippen molar-refractivity contribution >= 4 is 11.9 Å². The molecule has 2 aromatic carbocycles. The van der Waals surface area contributed by atoms with Crippen molar-refractivity contribution in [1.29, 1.82) is 0 Å². The third-order valence-electron chi connectivity index (χ3n) is 4.99. The predicted octanol–water partition coefficient (Wildman–Crippen LogP) is 4.15. The van der Waals surface area contributed by atoms with E-state index in [9.17, 15) is 14.0 Å². The Kier molecular flexibility index (Phi) is 5.97. The van der Waals surface area contributed by atoms with Gasteiger partial charge in [-0.15, -0.1) is 0 Å². The van der Waals surface area contributed by atoms with Crippen molar-refractivity contribution in [3.05, 3.63) is 65.5 Å². The van der Waals surface area contributed by atoms with Crippen molar-refractivity contribution in [3.8, 4) is 5.75 Å². The smallest absolute Gasteiger partial charge is 0.325 e. The van der Waals surface area contributed by atoms with Gasteiger partial charge in [-0.05, 0) is 48.7 Å². The highest BCUT2D eigenvalue weighted by Gasteiger charge is 2.51. The van der Waals surface area contributed by atoms with Gasteiger partial charge >= 0.3 is 6.03 Å². The van der Waals surface area contributed by atoms with Gasteiger partial charge in [0, 0.05) is 0 Å². The van der Waals surface area contributed by atoms with Crippen molar-refractivity contribution < 1.29 is 18.7 Å². The Labute approximate surface area is 164 Å². The average molecular weight is 384 g/mol. The lowest BCUT2D eigenvalue weighted by atomic mass is 9.85. The second-order valence-electron chi connectivity index (χ2n) is 7.07. The zero-order valence-electron chi connectivity index (χ0n) is 16.2. The number of nitrogens with zero attached hydrogens (tertiary/aromatic N) is 1. The van der Waals surface area contributed by atoms with Gasteiger partial charge < -0.3 is 10.1 Å². The van der Waals surface area contributed by atoms with Crippen molar-refractivity contribution in [1.82, 2.24) is 10.2 Å². The molecule has 6 heteroatoms. The van der Waals surface area contributed by atoms with Crippen LogP contribution in [0.3, 0.4) is 0 Å². The molecule has 0 aromatic heterocycles. The van der Waals surface area contributed by atoms with E-state index in [0.29, 0.717) is 17.7 Å². The summed E-state index contributed by atoms with van der Waals surface area (Å²) in [5.41, 5.74) is 0.523. The van der Waals surface area contributed by atoms with Crippen LogP contribution in [0.5, 0.6) is 5.75 Å². The van der Waals surface area contributed by atoms with Crippen LogP contribution in [0.25, 0.3) is 0 Å². The normalized spacial score (nSPS) is 19.0. The third-order valence-corrected chi connectivity index (χ3v) is 4.99. The molecule has 148 valence electrons. The summed E-state index contributed by atoms with van der Waals surface area (Å²) < 4.78 is 19.1. The molecule has 0 unspecified atom stereocenters. The fraction of sp³-hybridized carbons (Fsp3) is 0.364. The van der Waals surface area contributed by atoms with Crippen LogP contribution in [0.15, 0.2) is 48.5 Å². The second kappa shape index (κ2) is 8.42. The Morgan fingerprint density at radius 1 is 1.14 bits per heavy atom. The SMILES string of the molecule is CCCC[C@@]1(c2ccc(F)cc2)NC(=O)N(CCOc2cccc(C)c2)C1=O. The molecule has 1 N–H and O–H groups in total. The molecule has 2 aromatic rings. The van der Waals surface area contributed by atoms with Crippen LogP contribution >= 0.6 is 0 Å². The van der Waals surface area contributed by atoms with Crippen LogP contribution in [0.1, 0.15) is 37.3 Å². The summed E-state index contributed by atoms with van der Waals surface area (Å²) in [5.74, 6) is 0.00260. The fourth-order valence-corrected chi connectivity index (χ4v) is 3.47. The molecule has 5 nitrogen and oxygen atoms in total. The molecule has 1 aliphatic heterocycles. The zero-order chi connectivity index (χ0) is 20.1. The molecule has 0 radical (unpaired) electrons. The number of unbranched alkanes of at least 4 members (excludes halogenated alkanes) is 1. The molecule has 28 heavy (non-hydrogen) atoms. The number of halogens is 1. The highest BCUT2D eigenvalue weighted by molar-refractivity contribution is 6.07. The van der Waals surface area contributed by atoms with Gasteiger partial charge in [0.1, 0.15) is 23.7 Å². The number of carbonyl (C=O) groups excluding carboxylic acids is 2. The van der Waals surface area contributed by atoms with Crippen molar-refractivity contribution in [2.24, 2.45) is 0 Å². The summed E-state index contributed by atoms with van der Waals surface area (Å²) in [6.07, 6.45) is 2.11. The van der Waals surface area contributed by atoms with Gasteiger partial charge in [-0.1, -0.05) is 44.0 Å². The Morgan fingerprint density at radius 2 is 1.89 bits per heavy atom. The van der Waals surface area contributed by atoms with E-state index < -0.39 is 11.6 Å². The Morgan fingerprint density at radius 3 is 2.57 bits per heavy atom. The van der Waals surface area contributed by atoms with E-state index >= 15 is 0 Å². The van der Waals surface area contributed by atoms with Crippen LogP contribution in [0.4, 0.5) is 9.18 Å². The molecule has 0 spiro atoms. The largest absolute Gasteiger partial charge is 0.492 e. The monoisotopic (exact) mass is 384 g/mol. The van der Waals surface area contributed by atoms with Crippen molar-refractivity contribution in [2.45, 2.75) is 38.6 Å². The molecule has 3 amide bonds. The van der Waals surface area contributed by atoms with Crippen LogP contribution in [0, 0.1) is 12.7 Å². The first-order valence-corrected chi connectivity index (χ1v) is 9.56. The molecule has 0 aliphatic carbocycles. The molecule has 1 atom stereocenters. The number of aryl methyl sites for hydroxylation is 1. The molecular formula is C22H25FN2O3. The topological polar surface area (TPSA) is 58.6 Å². The Balaban J connectivity index is 1.75. The van der Waals surface area contributed by atoms with Crippen LogP contribution in [0.2, 0.25) is 0 Å². The van der Waals surface area contributed by atoms with Crippen molar-refractivity contribution in [3.63, 3.8) is 0 Å². The van der Waals surface area contributed by atoms with E-state index in [4.69, 9.17) is 4.74 Å². The standard InChI is InChI=1S/C22H25FN2O3/c1-3-4-12-22(17-8-10-18(23)11-9-17)20(26)25(21(27)24-22)13-14-28-19-7-5-6-16(2)15-19/h5-11,15H,3-4,12-14H2,1-2H3,(H,24,27)/t22-/m0/s1. The fourth-order valence-electron chi connectivity index (χ4n) is 3.47. The predicted molar refractivity (Wildman–Crippen MR) is 105 cm³/mol. The van der Waals surface area contributed by atoms with E-state index in [2.05, 4.69) is 5.32 Å². The summed E-state index contributed by atoms with van der Waals surface area (Å²) in [5, 5.41) is 2.86. The van der Waals surface area contributed by atoms with E-state index in [1.54, 1.807) is 12.1 Å². The molecule has 0 saturated carbocycles. The lowest BCUT2D eigenvalue weighted by Gasteiger charge is -2.27. The van der Waals surface area contributed by atoms with Crippen molar-refractivity contribution in [2.75, 3.05) is 13.2 Å². The number of rotatable bonds is 8. The molecule has 1 aliphatic rings. The summed E-state index contributed by atoms with van der Waals surface area (Å²) in [6.45, 7) is 4.34. The first kappa shape index (κ1) is 19.9. The maximum absolute atomic E-state index is 13.4. The van der Waals surface area contributed by atoms with Gasteiger partial charge in [0.25, 0.3) is 5.91 Å². The number of urea groups is 1. The van der Waals surface area contributed by atoms with E-state index in [1.165, 1.54) is 17.0 Å². The summed E-state index contributed by atoms with van der Waals surface area (Å²) >= 11 is 0. The minimum absolute atomic E-state index is 0.147. The van der Waals surface area contributed by atoms with Crippen LogP contribution in [-0.2, 0) is 10.3 Å². The lowest BCUT2D eigenvalue weighted by Crippen LogP contribution is -2.44. The number of amides is 3. The van der Waals surface area contributed by atoms with Gasteiger partial charge in [-0.25, -0.2) is 9.18 Å². The number of imide groups is 1. The number of hydrogen-bond donors (Lipinski definition) is 1. The second-order valence-corrected chi connectivity index (χ2v) is 7.07. The maximum Gasteiger partial charge on any atom is 0.325 e. The Hall–Kier alpha value is -2.89. The molecule has 1 fully saturated rings. The minimum Gasteiger partial charge on any atom is -0.492 e. The number of benzene rings is 2. The Bertz CT molecular complexity index is 853. The van der Waals surface area contributed by atoms with E-state index in [-0.39, 0.29) is 24.9 Å². The van der Waals surface area contributed by atoms with E-state index in [1.807, 2.05) is 38.1 Å². The first-order valence-electron chi connectivity index (χ1n) is 9.56. The quantitative estimate of drug-likeness (QED) is 0.696. The minimum atomic E-state index is -1.15. The highest BCUT2D eigenvalue weighted by atomic mass is 19.1. The average Bonchev–Trinajstić information content (AvgIpc) is 2.92. The molecule has 0 bridgehead atoms. The zero-order valence-corrected chi connectivity index (χ0v) is 16.2. The molecular weight excluding hydrogens is 359 g/mol. The lowest BCUT2D eigenvalue weighted by molar-refractivity contribution is -0.132. The molecule has 3 rings (SSSR count). The van der Waals surface area contributed by atoms with Gasteiger partial charge in [0.15, 0.2) is 0 Å². The van der Waals surface area contributed by atoms with Crippen LogP contribution in [-0.4, -0.2) is 30.0 Å². The number of hydrogen-bond acceptors (Lipinski definition) is 3.